The summed E-state index contributed by atoms with van der Waals surface area (Å²) in [4.78, 5) is 22.1. The molecule has 1 aromatic heterocycles. The van der Waals surface area contributed by atoms with Gasteiger partial charge in [-0.1, -0.05) is 0 Å². The Balaban J connectivity index is 0.00000441. The minimum absolute atomic E-state index is 0. The lowest BCUT2D eigenvalue weighted by atomic mass is 10.4. The van der Waals surface area contributed by atoms with Gasteiger partial charge in [-0.2, -0.15) is 0 Å². The number of nitrogens with zero attached hydrogens (tertiary/aromatic N) is 3. The van der Waals surface area contributed by atoms with Crippen molar-refractivity contribution in [3.63, 3.8) is 0 Å². The van der Waals surface area contributed by atoms with Crippen LogP contribution in [0.1, 0.15) is 10.7 Å². The van der Waals surface area contributed by atoms with E-state index in [9.17, 15) is 4.79 Å². The van der Waals surface area contributed by atoms with Gasteiger partial charge in [-0.15, -0.1) is 35.3 Å². The van der Waals surface area contributed by atoms with E-state index in [0.717, 1.165) is 10.7 Å². The fourth-order valence-corrected chi connectivity index (χ4v) is 2.30. The van der Waals surface area contributed by atoms with Crippen molar-refractivity contribution in [3.8, 4) is 0 Å². The van der Waals surface area contributed by atoms with Gasteiger partial charge in [0.05, 0.1) is 30.4 Å². The number of hydrogen-bond donors (Lipinski definition) is 2. The predicted octanol–water partition coefficient (Wildman–Crippen LogP) is 0.839. The molecule has 0 unspecified atom stereocenters. The maximum absolute atomic E-state index is 11.6. The standard InChI is InChI=1S/C13H23N5O2S.HI/c1-10-17-11(9-21-10)8-18(3)13(14-2)16-7-12(19)15-5-6-20-4;/h9H,5-8H2,1-4H3,(H,14,16)(H,15,19);1H. The molecule has 126 valence electrons. The molecule has 1 aromatic rings. The highest BCUT2D eigenvalue weighted by Gasteiger charge is 2.10. The second-order valence-corrected chi connectivity index (χ2v) is 5.52. The number of aromatic nitrogens is 1. The predicted molar refractivity (Wildman–Crippen MR) is 100.0 cm³/mol. The van der Waals surface area contributed by atoms with Crippen LogP contribution in [0.5, 0.6) is 0 Å². The molecule has 0 fully saturated rings. The Labute approximate surface area is 152 Å². The average Bonchev–Trinajstić information content (AvgIpc) is 2.85. The van der Waals surface area contributed by atoms with E-state index < -0.39 is 0 Å². The molecular weight excluding hydrogens is 417 g/mol. The van der Waals surface area contributed by atoms with Crippen molar-refractivity contribution in [1.29, 1.82) is 0 Å². The maximum Gasteiger partial charge on any atom is 0.239 e. The average molecular weight is 441 g/mol. The van der Waals surface area contributed by atoms with Gasteiger partial charge in [0, 0.05) is 33.1 Å². The van der Waals surface area contributed by atoms with Crippen LogP contribution < -0.4 is 10.6 Å². The molecule has 1 heterocycles. The van der Waals surface area contributed by atoms with E-state index in [-0.39, 0.29) is 36.4 Å². The minimum Gasteiger partial charge on any atom is -0.383 e. The van der Waals surface area contributed by atoms with Gasteiger partial charge < -0.3 is 20.3 Å². The molecule has 0 saturated carbocycles. The van der Waals surface area contributed by atoms with E-state index in [1.165, 1.54) is 0 Å². The van der Waals surface area contributed by atoms with Gasteiger partial charge in [-0.3, -0.25) is 9.79 Å². The largest absolute Gasteiger partial charge is 0.383 e. The molecule has 0 spiro atoms. The molecule has 0 bridgehead atoms. The number of carbonyl (C=O) groups excluding carboxylic acids is 1. The first-order chi connectivity index (χ1) is 10.1. The number of guanidine groups is 1. The van der Waals surface area contributed by atoms with E-state index in [1.807, 2.05) is 24.3 Å². The van der Waals surface area contributed by atoms with E-state index in [2.05, 4.69) is 20.6 Å². The quantitative estimate of drug-likeness (QED) is 0.284. The number of amides is 1. The number of carbonyl (C=O) groups is 1. The van der Waals surface area contributed by atoms with Gasteiger partial charge >= 0.3 is 0 Å². The van der Waals surface area contributed by atoms with Gasteiger partial charge in [0.1, 0.15) is 0 Å². The summed E-state index contributed by atoms with van der Waals surface area (Å²) in [6.07, 6.45) is 0. The lowest BCUT2D eigenvalue weighted by Gasteiger charge is -2.21. The summed E-state index contributed by atoms with van der Waals surface area (Å²) in [5, 5.41) is 8.83. The number of rotatable bonds is 7. The minimum atomic E-state index is -0.0916. The summed E-state index contributed by atoms with van der Waals surface area (Å²) >= 11 is 1.62. The Morgan fingerprint density at radius 3 is 2.77 bits per heavy atom. The van der Waals surface area contributed by atoms with Crippen LogP contribution in [-0.2, 0) is 16.1 Å². The molecule has 1 rings (SSSR count). The number of ether oxygens (including phenoxy) is 1. The Hall–Kier alpha value is -0.940. The third kappa shape index (κ3) is 7.90. The highest BCUT2D eigenvalue weighted by molar-refractivity contribution is 14.0. The number of hydrogen-bond acceptors (Lipinski definition) is 5. The van der Waals surface area contributed by atoms with E-state index in [0.29, 0.717) is 25.7 Å². The summed E-state index contributed by atoms with van der Waals surface area (Å²) in [6.45, 7) is 3.81. The highest BCUT2D eigenvalue weighted by Crippen LogP contribution is 2.09. The number of methoxy groups -OCH3 is 1. The zero-order chi connectivity index (χ0) is 15.7. The molecule has 0 saturated heterocycles. The SMILES string of the molecule is CN=C(NCC(=O)NCCOC)N(C)Cc1csc(C)n1.I. The van der Waals surface area contributed by atoms with Crippen molar-refractivity contribution in [1.82, 2.24) is 20.5 Å². The summed E-state index contributed by atoms with van der Waals surface area (Å²) in [6, 6.07) is 0. The van der Waals surface area contributed by atoms with Gasteiger partial charge in [0.15, 0.2) is 5.96 Å². The van der Waals surface area contributed by atoms with Crippen molar-refractivity contribution < 1.29 is 9.53 Å². The first kappa shape index (κ1) is 21.1. The Morgan fingerprint density at radius 2 is 2.23 bits per heavy atom. The van der Waals surface area contributed by atoms with Crippen LogP contribution in [-0.4, -0.2) is 62.7 Å². The second-order valence-electron chi connectivity index (χ2n) is 4.46. The van der Waals surface area contributed by atoms with Gasteiger partial charge in [-0.05, 0) is 6.92 Å². The molecule has 2 N–H and O–H groups in total. The molecule has 22 heavy (non-hydrogen) atoms. The molecule has 1 amide bonds. The molecule has 0 aliphatic rings. The summed E-state index contributed by atoms with van der Waals surface area (Å²) in [7, 11) is 5.20. The zero-order valence-electron chi connectivity index (χ0n) is 13.4. The Kier molecular flexibility index (Phi) is 11.1. The molecule has 0 radical (unpaired) electrons. The number of nitrogens with one attached hydrogen (secondary N) is 2. The normalized spacial score (nSPS) is 10.8. The molecule has 0 atom stereocenters. The molecule has 0 aliphatic heterocycles. The molecule has 0 aliphatic carbocycles. The van der Waals surface area contributed by atoms with Crippen molar-refractivity contribution in [2.75, 3.05) is 40.9 Å². The fourth-order valence-electron chi connectivity index (χ4n) is 1.70. The first-order valence-corrected chi connectivity index (χ1v) is 7.53. The highest BCUT2D eigenvalue weighted by atomic mass is 127. The lowest BCUT2D eigenvalue weighted by molar-refractivity contribution is -0.120. The van der Waals surface area contributed by atoms with Gasteiger partial charge in [0.2, 0.25) is 5.91 Å². The van der Waals surface area contributed by atoms with Gasteiger partial charge in [-0.25, -0.2) is 4.98 Å². The third-order valence-electron chi connectivity index (χ3n) is 2.67. The van der Waals surface area contributed by atoms with E-state index in [4.69, 9.17) is 4.74 Å². The zero-order valence-corrected chi connectivity index (χ0v) is 16.5. The fraction of sp³-hybridized carbons (Fsp3) is 0.615. The molecule has 9 heteroatoms. The van der Waals surface area contributed by atoms with Crippen LogP contribution in [0.3, 0.4) is 0 Å². The molecule has 0 aromatic carbocycles. The number of aliphatic imine (C=N–C) groups is 1. The first-order valence-electron chi connectivity index (χ1n) is 6.65. The van der Waals surface area contributed by atoms with Crippen LogP contribution >= 0.6 is 35.3 Å². The van der Waals surface area contributed by atoms with Crippen molar-refractivity contribution >= 4 is 47.2 Å². The van der Waals surface area contributed by atoms with Crippen LogP contribution in [0, 0.1) is 6.92 Å². The van der Waals surface area contributed by atoms with E-state index in [1.54, 1.807) is 25.5 Å². The number of thiazole rings is 1. The second kappa shape index (κ2) is 11.6. The maximum atomic E-state index is 11.6. The molecule has 7 nitrogen and oxygen atoms in total. The third-order valence-corrected chi connectivity index (χ3v) is 3.50. The number of aryl methyl sites for hydroxylation is 1. The summed E-state index contributed by atoms with van der Waals surface area (Å²) in [5.41, 5.74) is 0.993. The summed E-state index contributed by atoms with van der Waals surface area (Å²) in [5.74, 6) is 0.564. The van der Waals surface area contributed by atoms with Crippen LogP contribution in [0.15, 0.2) is 10.4 Å². The lowest BCUT2D eigenvalue weighted by Crippen LogP contribution is -2.44. The smallest absolute Gasteiger partial charge is 0.239 e. The van der Waals surface area contributed by atoms with Crippen LogP contribution in [0.4, 0.5) is 0 Å². The Bertz CT molecular complexity index is 481. The van der Waals surface area contributed by atoms with Crippen molar-refractivity contribution in [2.24, 2.45) is 4.99 Å². The van der Waals surface area contributed by atoms with Crippen molar-refractivity contribution in [3.05, 3.63) is 16.1 Å². The van der Waals surface area contributed by atoms with Gasteiger partial charge in [0.25, 0.3) is 0 Å². The van der Waals surface area contributed by atoms with Crippen LogP contribution in [0.2, 0.25) is 0 Å². The number of halogens is 1. The topological polar surface area (TPSA) is 78.8 Å². The monoisotopic (exact) mass is 441 g/mol. The van der Waals surface area contributed by atoms with Crippen LogP contribution in [0.25, 0.3) is 0 Å². The molecular formula is C13H24IN5O2S. The Morgan fingerprint density at radius 1 is 1.50 bits per heavy atom. The van der Waals surface area contributed by atoms with E-state index >= 15 is 0 Å². The summed E-state index contributed by atoms with van der Waals surface area (Å²) < 4.78 is 4.87. The van der Waals surface area contributed by atoms with Crippen molar-refractivity contribution in [2.45, 2.75) is 13.5 Å².